The Morgan fingerprint density at radius 3 is 2.62 bits per heavy atom. The van der Waals surface area contributed by atoms with Gasteiger partial charge in [-0.15, -0.1) is 0 Å². The SMILES string of the molecule is Cc1ccc(N(C)c2ccc3nc(Nc4cc(C(=O)N5CCCC5)ccn4)sc3n2)cc1. The van der Waals surface area contributed by atoms with E-state index in [0.29, 0.717) is 16.5 Å². The van der Waals surface area contributed by atoms with E-state index < -0.39 is 0 Å². The van der Waals surface area contributed by atoms with Gasteiger partial charge in [0.2, 0.25) is 0 Å². The second-order valence-corrected chi connectivity index (χ2v) is 8.94. The quantitative estimate of drug-likeness (QED) is 0.459. The van der Waals surface area contributed by atoms with Gasteiger partial charge in [-0.05, 0) is 56.2 Å². The molecule has 4 heterocycles. The van der Waals surface area contributed by atoms with Crippen LogP contribution in [0, 0.1) is 6.92 Å². The predicted octanol–water partition coefficient (Wildman–Crippen LogP) is 5.14. The van der Waals surface area contributed by atoms with E-state index in [4.69, 9.17) is 4.98 Å². The summed E-state index contributed by atoms with van der Waals surface area (Å²) in [6.07, 6.45) is 3.80. The maximum absolute atomic E-state index is 12.7. The highest BCUT2D eigenvalue weighted by Crippen LogP contribution is 2.30. The standard InChI is InChI=1S/C24H24N6OS/c1-16-5-7-18(8-6-16)29(2)21-10-9-19-22(28-21)32-24(26-19)27-20-15-17(11-12-25-20)23(31)30-13-3-4-14-30/h5-12,15H,3-4,13-14H2,1-2H3,(H,25,26,27). The number of hydrogen-bond acceptors (Lipinski definition) is 7. The van der Waals surface area contributed by atoms with Crippen LogP contribution < -0.4 is 10.2 Å². The molecule has 1 fully saturated rings. The predicted molar refractivity (Wildman–Crippen MR) is 129 cm³/mol. The zero-order valence-corrected chi connectivity index (χ0v) is 18.9. The second kappa shape index (κ2) is 8.55. The third kappa shape index (κ3) is 4.13. The summed E-state index contributed by atoms with van der Waals surface area (Å²) in [6.45, 7) is 3.73. The van der Waals surface area contributed by atoms with Crippen LogP contribution in [0.4, 0.5) is 22.5 Å². The summed E-state index contributed by atoms with van der Waals surface area (Å²) in [7, 11) is 2.01. The second-order valence-electron chi connectivity index (χ2n) is 7.96. The number of likely N-dealkylation sites (tertiary alicyclic amines) is 1. The van der Waals surface area contributed by atoms with Gasteiger partial charge < -0.3 is 15.1 Å². The van der Waals surface area contributed by atoms with Gasteiger partial charge in [-0.2, -0.15) is 0 Å². The van der Waals surface area contributed by atoms with Gasteiger partial charge in [0.25, 0.3) is 5.91 Å². The van der Waals surface area contributed by atoms with Crippen molar-refractivity contribution in [1.82, 2.24) is 19.9 Å². The third-order valence-electron chi connectivity index (χ3n) is 5.64. The summed E-state index contributed by atoms with van der Waals surface area (Å²) in [5.74, 6) is 1.52. The molecule has 0 bridgehead atoms. The molecule has 162 valence electrons. The number of pyridine rings is 2. The summed E-state index contributed by atoms with van der Waals surface area (Å²) >= 11 is 1.47. The number of benzene rings is 1. The number of nitrogens with zero attached hydrogens (tertiary/aromatic N) is 5. The molecule has 8 heteroatoms. The molecule has 0 atom stereocenters. The highest BCUT2D eigenvalue weighted by atomic mass is 32.1. The lowest BCUT2D eigenvalue weighted by atomic mass is 10.2. The van der Waals surface area contributed by atoms with Crippen molar-refractivity contribution in [3.63, 3.8) is 0 Å². The van der Waals surface area contributed by atoms with E-state index in [1.807, 2.05) is 24.1 Å². The zero-order chi connectivity index (χ0) is 22.1. The molecule has 1 amide bonds. The Morgan fingerprint density at radius 2 is 1.84 bits per heavy atom. The molecule has 0 unspecified atom stereocenters. The topological polar surface area (TPSA) is 74.2 Å². The number of aryl methyl sites for hydroxylation is 1. The van der Waals surface area contributed by atoms with Gasteiger partial charge in [-0.1, -0.05) is 29.0 Å². The van der Waals surface area contributed by atoms with E-state index in [-0.39, 0.29) is 5.91 Å². The van der Waals surface area contributed by atoms with Crippen LogP contribution in [0.1, 0.15) is 28.8 Å². The van der Waals surface area contributed by atoms with Crippen molar-refractivity contribution in [3.8, 4) is 0 Å². The molecule has 1 aromatic carbocycles. The number of carbonyl (C=O) groups is 1. The lowest BCUT2D eigenvalue weighted by molar-refractivity contribution is 0.0792. The highest BCUT2D eigenvalue weighted by Gasteiger charge is 2.20. The number of anilines is 4. The molecule has 0 spiro atoms. The van der Waals surface area contributed by atoms with Gasteiger partial charge in [-0.25, -0.2) is 15.0 Å². The van der Waals surface area contributed by atoms with Crippen LogP contribution in [0.3, 0.4) is 0 Å². The van der Waals surface area contributed by atoms with Crippen molar-refractivity contribution in [2.45, 2.75) is 19.8 Å². The van der Waals surface area contributed by atoms with Crippen molar-refractivity contribution in [2.75, 3.05) is 30.4 Å². The van der Waals surface area contributed by atoms with E-state index in [0.717, 1.165) is 47.8 Å². The summed E-state index contributed by atoms with van der Waals surface area (Å²) in [6, 6.07) is 15.9. The Balaban J connectivity index is 1.36. The van der Waals surface area contributed by atoms with E-state index in [1.165, 1.54) is 16.9 Å². The zero-order valence-electron chi connectivity index (χ0n) is 18.1. The summed E-state index contributed by atoms with van der Waals surface area (Å²) < 4.78 is 0. The first-order valence-corrected chi connectivity index (χ1v) is 11.5. The van der Waals surface area contributed by atoms with Crippen LogP contribution in [0.5, 0.6) is 0 Å². The molecule has 32 heavy (non-hydrogen) atoms. The lowest BCUT2D eigenvalue weighted by Gasteiger charge is -2.18. The summed E-state index contributed by atoms with van der Waals surface area (Å²) in [5, 5.41) is 3.93. The van der Waals surface area contributed by atoms with Crippen molar-refractivity contribution in [2.24, 2.45) is 0 Å². The van der Waals surface area contributed by atoms with Crippen molar-refractivity contribution >= 4 is 50.0 Å². The molecule has 1 aliphatic heterocycles. The molecule has 1 aliphatic rings. The van der Waals surface area contributed by atoms with Gasteiger partial charge in [0.1, 0.15) is 22.0 Å². The van der Waals surface area contributed by atoms with Crippen molar-refractivity contribution < 1.29 is 4.79 Å². The number of carbonyl (C=O) groups excluding carboxylic acids is 1. The van der Waals surface area contributed by atoms with Gasteiger partial charge >= 0.3 is 0 Å². The average Bonchev–Trinajstić information content (AvgIpc) is 3.48. The van der Waals surface area contributed by atoms with Gasteiger partial charge in [0, 0.05) is 37.6 Å². The van der Waals surface area contributed by atoms with E-state index in [9.17, 15) is 4.79 Å². The molecule has 4 aromatic rings. The van der Waals surface area contributed by atoms with Crippen LogP contribution in [0.2, 0.25) is 0 Å². The maximum atomic E-state index is 12.7. The Morgan fingerprint density at radius 1 is 1.06 bits per heavy atom. The van der Waals surface area contributed by atoms with Crippen molar-refractivity contribution in [1.29, 1.82) is 0 Å². The molecule has 0 saturated carbocycles. The Bertz CT molecular complexity index is 1260. The first-order chi connectivity index (χ1) is 15.6. The molecular weight excluding hydrogens is 420 g/mol. The Hall–Kier alpha value is -3.52. The van der Waals surface area contributed by atoms with E-state index in [2.05, 4.69) is 51.4 Å². The normalized spacial score (nSPS) is 13.5. The summed E-state index contributed by atoms with van der Waals surface area (Å²) in [5.41, 5.74) is 3.77. The molecule has 5 rings (SSSR count). The minimum atomic E-state index is 0.0581. The van der Waals surface area contributed by atoms with Gasteiger partial charge in [0.15, 0.2) is 5.13 Å². The first-order valence-electron chi connectivity index (χ1n) is 10.7. The van der Waals surface area contributed by atoms with Crippen LogP contribution in [0.15, 0.2) is 54.7 Å². The Kier molecular flexibility index (Phi) is 5.45. The monoisotopic (exact) mass is 444 g/mol. The average molecular weight is 445 g/mol. The number of amides is 1. The largest absolute Gasteiger partial charge is 0.339 e. The number of hydrogen-bond donors (Lipinski definition) is 1. The molecule has 1 saturated heterocycles. The molecule has 1 N–H and O–H groups in total. The van der Waals surface area contributed by atoms with Crippen molar-refractivity contribution in [3.05, 3.63) is 65.9 Å². The highest BCUT2D eigenvalue weighted by molar-refractivity contribution is 7.21. The van der Waals surface area contributed by atoms with Crippen LogP contribution in [0.25, 0.3) is 10.3 Å². The fourth-order valence-corrected chi connectivity index (χ4v) is 4.63. The Labute approximate surface area is 190 Å². The van der Waals surface area contributed by atoms with Gasteiger partial charge in [0.05, 0.1) is 0 Å². The number of aromatic nitrogens is 3. The maximum Gasteiger partial charge on any atom is 0.254 e. The first kappa shape index (κ1) is 20.4. The molecule has 0 aliphatic carbocycles. The lowest BCUT2D eigenvalue weighted by Crippen LogP contribution is -2.27. The third-order valence-corrected chi connectivity index (χ3v) is 6.52. The molecule has 0 radical (unpaired) electrons. The van der Waals surface area contributed by atoms with Gasteiger partial charge in [-0.3, -0.25) is 4.79 Å². The molecular formula is C24H24N6OS. The number of fused-ring (bicyclic) bond motifs is 1. The molecule has 7 nitrogen and oxygen atoms in total. The van der Waals surface area contributed by atoms with E-state index >= 15 is 0 Å². The summed E-state index contributed by atoms with van der Waals surface area (Å²) in [4.78, 5) is 31.3. The number of nitrogens with one attached hydrogen (secondary N) is 1. The van der Waals surface area contributed by atoms with Crippen LogP contribution >= 0.6 is 11.3 Å². The number of thiazole rings is 1. The molecule has 3 aromatic heterocycles. The fourth-order valence-electron chi connectivity index (χ4n) is 3.79. The minimum Gasteiger partial charge on any atom is -0.339 e. The smallest absolute Gasteiger partial charge is 0.254 e. The fraction of sp³-hybridized carbons (Fsp3) is 0.250. The van der Waals surface area contributed by atoms with Crippen LogP contribution in [-0.4, -0.2) is 45.9 Å². The number of rotatable bonds is 5. The van der Waals surface area contributed by atoms with E-state index in [1.54, 1.807) is 18.3 Å². The van der Waals surface area contributed by atoms with Crippen LogP contribution in [-0.2, 0) is 0 Å². The minimum absolute atomic E-state index is 0.0581.